The molecule has 0 saturated carbocycles. The van der Waals surface area contributed by atoms with Gasteiger partial charge in [-0.3, -0.25) is 0 Å². The maximum atomic E-state index is 4.45. The molecule has 229 valence electrons. The van der Waals surface area contributed by atoms with E-state index < -0.39 is 0 Å². The highest BCUT2D eigenvalue weighted by atomic mass is 14.1. The molecule has 0 atom stereocenters. The van der Waals surface area contributed by atoms with Crippen LogP contribution in [0.15, 0.2) is 0 Å². The summed E-state index contributed by atoms with van der Waals surface area (Å²) in [6.07, 6.45) is 49.6. The van der Waals surface area contributed by atoms with Crippen LogP contribution in [-0.4, -0.2) is 0 Å². The molecule has 0 fully saturated rings. The third kappa shape index (κ3) is 34.0. The topological polar surface area (TPSA) is 0 Å². The van der Waals surface area contributed by atoms with Crippen LogP contribution >= 0.6 is 0 Å². The van der Waals surface area contributed by atoms with Gasteiger partial charge in [-0.05, 0) is 5.92 Å². The fourth-order valence-corrected chi connectivity index (χ4v) is 6.11. The third-order valence-corrected chi connectivity index (χ3v) is 8.93. The van der Waals surface area contributed by atoms with Gasteiger partial charge in [-0.2, -0.15) is 0 Å². The van der Waals surface area contributed by atoms with Crippen molar-refractivity contribution in [3.05, 3.63) is 6.92 Å². The zero-order chi connectivity index (χ0) is 27.6. The summed E-state index contributed by atoms with van der Waals surface area (Å²) in [5.41, 5.74) is 0. The highest BCUT2D eigenvalue weighted by molar-refractivity contribution is 4.62. The molecule has 0 rings (SSSR count). The average Bonchev–Trinajstić information content (AvgIpc) is 2.92. The molecule has 0 aromatic rings. The second-order valence-corrected chi connectivity index (χ2v) is 13.0. The molecule has 0 N–H and O–H groups in total. The fraction of sp³-hybridized carbons (Fsp3) is 0.974. The molecule has 0 spiro atoms. The average molecular weight is 534 g/mol. The normalized spacial score (nSPS) is 11.7. The molecule has 38 heavy (non-hydrogen) atoms. The van der Waals surface area contributed by atoms with E-state index in [-0.39, 0.29) is 0 Å². The van der Waals surface area contributed by atoms with Crippen molar-refractivity contribution < 1.29 is 0 Å². The highest BCUT2D eigenvalue weighted by Crippen LogP contribution is 2.19. The lowest BCUT2D eigenvalue weighted by molar-refractivity contribution is 0.459. The Morgan fingerprint density at radius 1 is 0.263 bits per heavy atom. The van der Waals surface area contributed by atoms with Crippen molar-refractivity contribution in [3.63, 3.8) is 0 Å². The number of hydrogen-bond donors (Lipinski definition) is 0. The Morgan fingerprint density at radius 2 is 0.421 bits per heavy atom. The van der Waals surface area contributed by atoms with E-state index in [1.54, 1.807) is 0 Å². The zero-order valence-electron chi connectivity index (χ0n) is 27.3. The van der Waals surface area contributed by atoms with Crippen LogP contribution in [0.4, 0.5) is 0 Å². The summed E-state index contributed by atoms with van der Waals surface area (Å²) in [6.45, 7) is 9.07. The van der Waals surface area contributed by atoms with Crippen LogP contribution in [0, 0.1) is 12.8 Å². The standard InChI is InChI=1S/C38H77/c1-4-6-8-10-12-14-16-18-20-22-24-26-28-30-32-34-36-38(3)37-35-33-31-29-27-25-23-21-19-17-15-13-11-9-7-5-2/h38H,3-37H2,1-2H3. The first-order valence-corrected chi connectivity index (χ1v) is 18.6. The molecule has 0 aliphatic carbocycles. The lowest BCUT2D eigenvalue weighted by Gasteiger charge is -2.11. The van der Waals surface area contributed by atoms with Crippen molar-refractivity contribution in [2.24, 2.45) is 5.92 Å². The molecule has 0 aromatic heterocycles. The van der Waals surface area contributed by atoms with Gasteiger partial charge in [0, 0.05) is 0 Å². The fourth-order valence-electron chi connectivity index (χ4n) is 6.11. The van der Waals surface area contributed by atoms with Gasteiger partial charge in [0.25, 0.3) is 0 Å². The maximum absolute atomic E-state index is 4.45. The van der Waals surface area contributed by atoms with Crippen molar-refractivity contribution in [1.29, 1.82) is 0 Å². The lowest BCUT2D eigenvalue weighted by atomic mass is 9.95. The summed E-state index contributed by atoms with van der Waals surface area (Å²) >= 11 is 0. The van der Waals surface area contributed by atoms with Crippen LogP contribution in [0.25, 0.3) is 0 Å². The Balaban J connectivity index is 3.13. The van der Waals surface area contributed by atoms with Crippen LogP contribution in [-0.2, 0) is 0 Å². The van der Waals surface area contributed by atoms with Crippen molar-refractivity contribution in [2.45, 2.75) is 232 Å². The maximum Gasteiger partial charge on any atom is -0.0414 e. The van der Waals surface area contributed by atoms with E-state index in [1.807, 2.05) is 0 Å². The smallest absolute Gasteiger partial charge is 0.0414 e. The van der Waals surface area contributed by atoms with Crippen LogP contribution in [0.2, 0.25) is 0 Å². The largest absolute Gasteiger partial charge is 0.0654 e. The van der Waals surface area contributed by atoms with Crippen molar-refractivity contribution >= 4 is 0 Å². The van der Waals surface area contributed by atoms with Crippen LogP contribution in [0.1, 0.15) is 232 Å². The minimum atomic E-state index is 0.716. The SMILES string of the molecule is [CH2]C(CCCCCCCCCCCCCCCCCC)CCCCCCCCCCCCCCCCCC. The van der Waals surface area contributed by atoms with Crippen LogP contribution in [0.5, 0.6) is 0 Å². The molecule has 0 amide bonds. The summed E-state index contributed by atoms with van der Waals surface area (Å²) in [5.74, 6) is 0.716. The van der Waals surface area contributed by atoms with Crippen molar-refractivity contribution in [2.75, 3.05) is 0 Å². The molecular weight excluding hydrogens is 456 g/mol. The van der Waals surface area contributed by atoms with Gasteiger partial charge in [0.2, 0.25) is 0 Å². The Kier molecular flexibility index (Phi) is 35.0. The second kappa shape index (κ2) is 35.0. The number of hydrogen-bond acceptors (Lipinski definition) is 0. The minimum Gasteiger partial charge on any atom is -0.0654 e. The Morgan fingerprint density at radius 3 is 0.605 bits per heavy atom. The summed E-state index contributed by atoms with van der Waals surface area (Å²) in [4.78, 5) is 0. The van der Waals surface area contributed by atoms with Gasteiger partial charge in [-0.15, -0.1) is 0 Å². The summed E-state index contributed by atoms with van der Waals surface area (Å²) in [5, 5.41) is 0. The van der Waals surface area contributed by atoms with Crippen LogP contribution in [0.3, 0.4) is 0 Å². The van der Waals surface area contributed by atoms with E-state index in [2.05, 4.69) is 20.8 Å². The lowest BCUT2D eigenvalue weighted by Crippen LogP contribution is -1.95. The molecular formula is C38H77. The van der Waals surface area contributed by atoms with Gasteiger partial charge in [-0.1, -0.05) is 239 Å². The van der Waals surface area contributed by atoms with Crippen molar-refractivity contribution in [1.82, 2.24) is 0 Å². The zero-order valence-corrected chi connectivity index (χ0v) is 27.3. The molecule has 0 aliphatic heterocycles. The summed E-state index contributed by atoms with van der Waals surface area (Å²) in [7, 11) is 0. The molecule has 0 saturated heterocycles. The molecule has 0 unspecified atom stereocenters. The van der Waals surface area contributed by atoms with E-state index in [1.165, 1.54) is 218 Å². The Hall–Kier alpha value is 0. The van der Waals surface area contributed by atoms with Gasteiger partial charge in [0.15, 0.2) is 0 Å². The van der Waals surface area contributed by atoms with E-state index in [0.29, 0.717) is 5.92 Å². The Bertz CT molecular complexity index is 349. The minimum absolute atomic E-state index is 0.716. The molecule has 0 bridgehead atoms. The highest BCUT2D eigenvalue weighted by Gasteiger charge is 2.03. The van der Waals surface area contributed by atoms with Gasteiger partial charge < -0.3 is 0 Å². The molecule has 1 radical (unpaired) electrons. The van der Waals surface area contributed by atoms with Crippen molar-refractivity contribution in [3.8, 4) is 0 Å². The third-order valence-electron chi connectivity index (χ3n) is 8.93. The first-order chi connectivity index (χ1) is 18.8. The van der Waals surface area contributed by atoms with Gasteiger partial charge in [-0.25, -0.2) is 0 Å². The first kappa shape index (κ1) is 38.0. The Labute approximate surface area is 244 Å². The molecule has 0 nitrogen and oxygen atoms in total. The summed E-state index contributed by atoms with van der Waals surface area (Å²) < 4.78 is 0. The van der Waals surface area contributed by atoms with E-state index in [0.717, 1.165) is 0 Å². The molecule has 0 aliphatic rings. The number of unbranched alkanes of at least 4 members (excludes halogenated alkanes) is 30. The molecule has 0 aromatic carbocycles. The van der Waals surface area contributed by atoms with Crippen LogP contribution < -0.4 is 0 Å². The molecule has 0 heteroatoms. The van der Waals surface area contributed by atoms with Gasteiger partial charge >= 0.3 is 0 Å². The first-order valence-electron chi connectivity index (χ1n) is 18.6. The quantitative estimate of drug-likeness (QED) is 0.0721. The second-order valence-electron chi connectivity index (χ2n) is 13.0. The van der Waals surface area contributed by atoms with Gasteiger partial charge in [0.05, 0.1) is 0 Å². The number of rotatable bonds is 34. The van der Waals surface area contributed by atoms with E-state index in [4.69, 9.17) is 0 Å². The molecule has 0 heterocycles. The van der Waals surface area contributed by atoms with Gasteiger partial charge in [0.1, 0.15) is 0 Å². The van der Waals surface area contributed by atoms with E-state index in [9.17, 15) is 0 Å². The monoisotopic (exact) mass is 534 g/mol. The predicted molar refractivity (Wildman–Crippen MR) is 177 cm³/mol. The van der Waals surface area contributed by atoms with E-state index >= 15 is 0 Å². The summed E-state index contributed by atoms with van der Waals surface area (Å²) in [6, 6.07) is 0. The predicted octanol–water partition coefficient (Wildman–Crippen LogP) is 14.7.